The Morgan fingerprint density at radius 3 is 2.64 bits per heavy atom. The highest BCUT2D eigenvalue weighted by Gasteiger charge is 2.50. The van der Waals surface area contributed by atoms with Gasteiger partial charge in [-0.3, -0.25) is 14.4 Å². The number of fused-ring (bicyclic) bond motifs is 6. The largest absolute Gasteiger partial charge is 0.586 e. The Hall–Kier alpha value is -4.63. The number of carbonyl (C=O) groups is 3. The molecule has 2 unspecified atom stereocenters. The van der Waals surface area contributed by atoms with E-state index in [4.69, 9.17) is 20.9 Å². The molecule has 2 atom stereocenters. The molecule has 0 saturated heterocycles. The van der Waals surface area contributed by atoms with Crippen LogP contribution in [0.15, 0.2) is 29.1 Å². The number of carbonyl (C=O) groups excluding carboxylic acids is 3. The Labute approximate surface area is 254 Å². The number of cyclic esters (lactones) is 1. The molecule has 3 aliphatic rings. The molecule has 45 heavy (non-hydrogen) atoms. The summed E-state index contributed by atoms with van der Waals surface area (Å²) < 4.78 is 49.0. The molecule has 13 nitrogen and oxygen atoms in total. The molecule has 6 rings (SSSR count). The van der Waals surface area contributed by atoms with Crippen LogP contribution in [-0.4, -0.2) is 52.8 Å². The molecule has 3 aromatic rings. The maximum absolute atomic E-state index is 13.7. The van der Waals surface area contributed by atoms with Crippen LogP contribution in [0.3, 0.4) is 0 Å². The third kappa shape index (κ3) is 5.35. The molecular weight excluding hydrogens is 596 g/mol. The second-order valence-corrected chi connectivity index (χ2v) is 11.1. The Balaban J connectivity index is 1.27. The van der Waals surface area contributed by atoms with Gasteiger partial charge in [0.25, 0.3) is 5.56 Å². The zero-order valence-electron chi connectivity index (χ0n) is 24.3. The van der Waals surface area contributed by atoms with Gasteiger partial charge in [-0.05, 0) is 44.0 Å². The summed E-state index contributed by atoms with van der Waals surface area (Å²) in [5.74, 6) is -2.36. The second-order valence-electron chi connectivity index (χ2n) is 11.1. The van der Waals surface area contributed by atoms with Gasteiger partial charge in [0.2, 0.25) is 11.5 Å². The van der Waals surface area contributed by atoms with Crippen LogP contribution in [0.5, 0.6) is 11.5 Å². The molecule has 0 bridgehead atoms. The molecule has 1 amide bonds. The van der Waals surface area contributed by atoms with Crippen LogP contribution in [0.4, 0.5) is 8.78 Å². The molecule has 0 fully saturated rings. The quantitative estimate of drug-likeness (QED) is 0.172. The van der Waals surface area contributed by atoms with Gasteiger partial charge in [-0.15, -0.1) is 8.78 Å². The zero-order valence-corrected chi connectivity index (χ0v) is 24.3. The number of rotatable bonds is 10. The molecular formula is C30H31F2N5O8. The van der Waals surface area contributed by atoms with Gasteiger partial charge < -0.3 is 40.3 Å². The maximum Gasteiger partial charge on any atom is 0.586 e. The zero-order chi connectivity index (χ0) is 32.1. The smallest absolute Gasteiger partial charge is 0.457 e. The monoisotopic (exact) mass is 627 g/mol. The van der Waals surface area contributed by atoms with Crippen molar-refractivity contribution in [2.75, 3.05) is 13.1 Å². The van der Waals surface area contributed by atoms with Crippen molar-refractivity contribution in [2.45, 2.75) is 70.1 Å². The second kappa shape index (κ2) is 11.4. The van der Waals surface area contributed by atoms with E-state index < -0.39 is 41.3 Å². The number of hydrogen-bond donors (Lipinski definition) is 3. The number of amides is 1. The Morgan fingerprint density at radius 2 is 1.91 bits per heavy atom. The molecule has 5 heterocycles. The van der Waals surface area contributed by atoms with Crippen LogP contribution in [0, 0.1) is 0 Å². The average Bonchev–Trinajstić information content (AvgIpc) is 3.50. The minimum Gasteiger partial charge on any atom is -0.457 e. The highest BCUT2D eigenvalue weighted by Crippen LogP contribution is 2.45. The predicted molar refractivity (Wildman–Crippen MR) is 153 cm³/mol. The van der Waals surface area contributed by atoms with Crippen LogP contribution in [0.25, 0.3) is 22.3 Å². The van der Waals surface area contributed by atoms with Crippen molar-refractivity contribution < 1.29 is 42.1 Å². The maximum atomic E-state index is 13.7. The Morgan fingerprint density at radius 1 is 1.16 bits per heavy atom. The minimum atomic E-state index is -3.79. The van der Waals surface area contributed by atoms with Gasteiger partial charge in [0.15, 0.2) is 11.5 Å². The van der Waals surface area contributed by atoms with E-state index in [2.05, 4.69) is 19.8 Å². The van der Waals surface area contributed by atoms with Crippen LogP contribution >= 0.6 is 0 Å². The van der Waals surface area contributed by atoms with Gasteiger partial charge in [0.05, 0.1) is 41.5 Å². The number of unbranched alkanes of at least 4 members (excludes halogenated alkanes) is 1. The van der Waals surface area contributed by atoms with Crippen molar-refractivity contribution in [1.82, 2.24) is 14.9 Å². The first-order chi connectivity index (χ1) is 21.5. The number of nitrogens with two attached hydrogens (primary N) is 2. The lowest BCUT2D eigenvalue weighted by atomic mass is 9.85. The lowest BCUT2D eigenvalue weighted by Gasteiger charge is -2.35. The van der Waals surface area contributed by atoms with Crippen molar-refractivity contribution in [2.24, 2.45) is 11.5 Å². The van der Waals surface area contributed by atoms with E-state index >= 15 is 0 Å². The fourth-order valence-corrected chi connectivity index (χ4v) is 5.89. The lowest BCUT2D eigenvalue weighted by molar-refractivity contribution is -0.286. The summed E-state index contributed by atoms with van der Waals surface area (Å²) in [6, 6.07) is 5.27. The van der Waals surface area contributed by atoms with Gasteiger partial charge in [0.1, 0.15) is 6.61 Å². The van der Waals surface area contributed by atoms with E-state index in [1.165, 1.54) is 16.7 Å². The molecule has 0 saturated carbocycles. The van der Waals surface area contributed by atoms with Gasteiger partial charge in [-0.1, -0.05) is 13.3 Å². The summed E-state index contributed by atoms with van der Waals surface area (Å²) in [6.07, 6.45) is -2.22. The summed E-state index contributed by atoms with van der Waals surface area (Å²) in [5, 5.41) is 3.09. The molecule has 238 valence electrons. The van der Waals surface area contributed by atoms with E-state index in [1.54, 1.807) is 19.1 Å². The number of aromatic nitrogens is 2. The van der Waals surface area contributed by atoms with Crippen LogP contribution < -0.4 is 31.8 Å². The van der Waals surface area contributed by atoms with Gasteiger partial charge in [-0.2, -0.15) is 0 Å². The molecule has 2 aromatic heterocycles. The van der Waals surface area contributed by atoms with Crippen molar-refractivity contribution >= 4 is 28.7 Å². The fraction of sp³-hybridized carbons (Fsp3) is 0.433. The molecule has 15 heteroatoms. The summed E-state index contributed by atoms with van der Waals surface area (Å²) in [7, 11) is 0. The topological polar surface area (TPSA) is 187 Å². The van der Waals surface area contributed by atoms with Crippen molar-refractivity contribution in [3.05, 3.63) is 51.3 Å². The van der Waals surface area contributed by atoms with Crippen LogP contribution in [-0.2, 0) is 42.6 Å². The van der Waals surface area contributed by atoms with Gasteiger partial charge in [0, 0.05) is 29.1 Å². The number of halogens is 2. The van der Waals surface area contributed by atoms with E-state index in [0.717, 1.165) is 6.42 Å². The first-order valence-corrected chi connectivity index (χ1v) is 14.6. The number of nitrogens with zero attached hydrogens (tertiary/aromatic N) is 2. The summed E-state index contributed by atoms with van der Waals surface area (Å²) >= 11 is 0. The molecule has 1 aromatic carbocycles. The normalized spacial score (nSPS) is 19.4. The van der Waals surface area contributed by atoms with Crippen molar-refractivity contribution in [3.63, 3.8) is 0 Å². The number of pyridine rings is 2. The summed E-state index contributed by atoms with van der Waals surface area (Å²) in [5.41, 5.74) is 11.0. The van der Waals surface area contributed by atoms with E-state index in [0.29, 0.717) is 47.2 Å². The minimum absolute atomic E-state index is 0.0401. The number of esters is 2. The molecule has 0 aliphatic carbocycles. The number of nitrogens with one attached hydrogen (secondary N) is 1. The van der Waals surface area contributed by atoms with Gasteiger partial charge >= 0.3 is 18.2 Å². The molecule has 0 radical (unpaired) electrons. The number of hydrogen-bond acceptors (Lipinski definition) is 11. The lowest BCUT2D eigenvalue weighted by Crippen LogP contribution is -2.48. The highest BCUT2D eigenvalue weighted by atomic mass is 19.3. The Bertz CT molecular complexity index is 1790. The third-order valence-corrected chi connectivity index (χ3v) is 8.22. The number of benzene rings is 1. The third-order valence-electron chi connectivity index (χ3n) is 8.22. The molecule has 5 N–H and O–H groups in total. The van der Waals surface area contributed by atoms with Crippen LogP contribution in [0.2, 0.25) is 0 Å². The Kier molecular flexibility index (Phi) is 7.69. The van der Waals surface area contributed by atoms with E-state index in [-0.39, 0.29) is 55.2 Å². The standard InChI is InChI=1S/C30H31F2N5O8/c1-2-29(45-24(38)6-8-35-26(39)19(34)5-3-4-7-33)18-11-21-25-16(13-37(21)27(40)17(18)14-42-28(29)41)9-15-10-22-23(12-20(15)36-25)44-30(31,32)43-22/h9-12,19H,2-8,13-14,33-34H2,1H3,(H,35,39). The number of alkyl halides is 2. The molecule has 0 spiro atoms. The van der Waals surface area contributed by atoms with Gasteiger partial charge in [-0.25, -0.2) is 9.78 Å². The first kappa shape index (κ1) is 30.4. The number of ether oxygens (including phenoxy) is 4. The van der Waals surface area contributed by atoms with E-state index in [9.17, 15) is 28.0 Å². The van der Waals surface area contributed by atoms with Crippen LogP contribution in [0.1, 0.15) is 55.7 Å². The van der Waals surface area contributed by atoms with E-state index in [1.807, 2.05) is 0 Å². The first-order valence-electron chi connectivity index (χ1n) is 14.6. The van der Waals surface area contributed by atoms with Crippen molar-refractivity contribution in [3.8, 4) is 22.9 Å². The summed E-state index contributed by atoms with van der Waals surface area (Å²) in [4.78, 5) is 56.9. The molecule has 3 aliphatic heterocycles. The fourth-order valence-electron chi connectivity index (χ4n) is 5.89. The average molecular weight is 628 g/mol. The SMILES string of the molecule is CCC1(OC(=O)CCNC(=O)C(N)CCCCN)C(=O)OCc2c1cc1n(c2=O)Cc2cc3cc4c(cc3nc2-1)OC(F)(F)O4. The highest BCUT2D eigenvalue weighted by molar-refractivity contribution is 5.89. The predicted octanol–water partition coefficient (Wildman–Crippen LogP) is 1.91. The van der Waals surface area contributed by atoms with Crippen molar-refractivity contribution in [1.29, 1.82) is 0 Å². The summed E-state index contributed by atoms with van der Waals surface area (Å²) in [6.45, 7) is 1.86.